The summed E-state index contributed by atoms with van der Waals surface area (Å²) in [5.41, 5.74) is 12.3. The predicted octanol–water partition coefficient (Wildman–Crippen LogP) is 2.24. The molecule has 3 nitrogen and oxygen atoms in total. The Bertz CT molecular complexity index is 359. The summed E-state index contributed by atoms with van der Waals surface area (Å²) in [7, 11) is 0. The van der Waals surface area contributed by atoms with Crippen LogP contribution >= 0.6 is 0 Å². The molecule has 0 aromatic heterocycles. The third-order valence-electron chi connectivity index (χ3n) is 3.74. The van der Waals surface area contributed by atoms with Crippen LogP contribution in [0.1, 0.15) is 43.4 Å². The molecule has 100 valence electrons. The molecule has 1 aromatic rings. The lowest BCUT2D eigenvalue weighted by Gasteiger charge is -2.32. The lowest BCUT2D eigenvalue weighted by atomic mass is 9.99. The summed E-state index contributed by atoms with van der Waals surface area (Å²) in [6.07, 6.45) is 5.00. The van der Waals surface area contributed by atoms with Crippen LogP contribution in [0.25, 0.3) is 0 Å². The second kappa shape index (κ2) is 6.88. The van der Waals surface area contributed by atoms with Crippen molar-refractivity contribution in [1.29, 1.82) is 0 Å². The maximum Gasteiger partial charge on any atom is 0.0589 e. The van der Waals surface area contributed by atoms with E-state index in [9.17, 15) is 0 Å². The lowest BCUT2D eigenvalue weighted by Crippen LogP contribution is -2.45. The Hall–Kier alpha value is -0.900. The Kier molecular flexibility index (Phi) is 5.17. The van der Waals surface area contributed by atoms with Crippen LogP contribution in [-0.4, -0.2) is 24.6 Å². The second-order valence-corrected chi connectivity index (χ2v) is 5.02. The summed E-state index contributed by atoms with van der Waals surface area (Å²) < 4.78 is 0. The van der Waals surface area contributed by atoms with Gasteiger partial charge in [-0.1, -0.05) is 37.6 Å². The number of piperidine rings is 1. The number of hydrogen-bond donors (Lipinski definition) is 2. The van der Waals surface area contributed by atoms with Gasteiger partial charge in [-0.25, -0.2) is 10.4 Å². The van der Waals surface area contributed by atoms with Crippen LogP contribution in [0.5, 0.6) is 0 Å². The van der Waals surface area contributed by atoms with E-state index >= 15 is 0 Å². The van der Waals surface area contributed by atoms with E-state index in [1.165, 1.54) is 30.4 Å². The van der Waals surface area contributed by atoms with Gasteiger partial charge in [-0.3, -0.25) is 0 Å². The average molecular weight is 247 g/mol. The molecule has 1 aliphatic heterocycles. The minimum Gasteiger partial charge on any atom is -0.329 e. The fourth-order valence-electron chi connectivity index (χ4n) is 2.69. The molecule has 2 rings (SSSR count). The average Bonchev–Trinajstić information content (AvgIpc) is 2.46. The van der Waals surface area contributed by atoms with Gasteiger partial charge in [-0.2, -0.15) is 0 Å². The van der Waals surface area contributed by atoms with Crippen molar-refractivity contribution in [1.82, 2.24) is 10.4 Å². The maximum absolute atomic E-state index is 5.96. The minimum absolute atomic E-state index is 0.249. The molecule has 0 bridgehead atoms. The Morgan fingerprint density at radius 3 is 2.61 bits per heavy atom. The van der Waals surface area contributed by atoms with Gasteiger partial charge >= 0.3 is 0 Å². The van der Waals surface area contributed by atoms with Crippen molar-refractivity contribution in [3.63, 3.8) is 0 Å². The molecule has 1 aromatic carbocycles. The van der Waals surface area contributed by atoms with Gasteiger partial charge in [-0.05, 0) is 30.4 Å². The van der Waals surface area contributed by atoms with Gasteiger partial charge in [0.1, 0.15) is 0 Å². The first-order valence-electron chi connectivity index (χ1n) is 7.14. The molecule has 1 fully saturated rings. The minimum atomic E-state index is 0.249. The fourth-order valence-corrected chi connectivity index (χ4v) is 2.69. The lowest BCUT2D eigenvalue weighted by molar-refractivity contribution is 0.130. The molecule has 3 N–H and O–H groups in total. The van der Waals surface area contributed by atoms with Crippen molar-refractivity contribution >= 4 is 0 Å². The molecule has 3 heteroatoms. The molecule has 1 unspecified atom stereocenters. The zero-order valence-corrected chi connectivity index (χ0v) is 11.4. The summed E-state index contributed by atoms with van der Waals surface area (Å²) >= 11 is 0. The standard InChI is InChI=1S/C15H25N3/c1-2-13-8-4-5-9-14(13)15(12-16)17-18-10-6-3-7-11-18/h4-5,8-9,15,17H,2-3,6-7,10-12,16H2,1H3. The van der Waals surface area contributed by atoms with Gasteiger partial charge in [0.15, 0.2) is 0 Å². The van der Waals surface area contributed by atoms with E-state index in [1.54, 1.807) is 0 Å². The molecule has 0 spiro atoms. The molecule has 1 saturated heterocycles. The first-order valence-corrected chi connectivity index (χ1v) is 7.14. The van der Waals surface area contributed by atoms with Crippen molar-refractivity contribution in [3.05, 3.63) is 35.4 Å². The summed E-state index contributed by atoms with van der Waals surface area (Å²) in [5, 5.41) is 2.34. The molecule has 1 heterocycles. The second-order valence-electron chi connectivity index (χ2n) is 5.02. The molecule has 0 saturated carbocycles. The normalized spacial score (nSPS) is 18.8. The van der Waals surface area contributed by atoms with Crippen LogP contribution in [0.3, 0.4) is 0 Å². The van der Waals surface area contributed by atoms with E-state index in [0.29, 0.717) is 6.54 Å². The molecular formula is C15H25N3. The largest absolute Gasteiger partial charge is 0.329 e. The number of rotatable bonds is 5. The van der Waals surface area contributed by atoms with Crippen LogP contribution in [-0.2, 0) is 6.42 Å². The van der Waals surface area contributed by atoms with E-state index in [2.05, 4.69) is 41.6 Å². The van der Waals surface area contributed by atoms with Crippen molar-refractivity contribution < 1.29 is 0 Å². The van der Waals surface area contributed by atoms with Crippen LogP contribution in [0, 0.1) is 0 Å². The molecule has 18 heavy (non-hydrogen) atoms. The van der Waals surface area contributed by atoms with Gasteiger partial charge in [0.05, 0.1) is 6.04 Å². The third kappa shape index (κ3) is 3.31. The number of benzene rings is 1. The third-order valence-corrected chi connectivity index (χ3v) is 3.74. The van der Waals surface area contributed by atoms with Crippen molar-refractivity contribution in [2.45, 2.75) is 38.6 Å². The van der Waals surface area contributed by atoms with Gasteiger partial charge in [0.25, 0.3) is 0 Å². The highest BCUT2D eigenvalue weighted by atomic mass is 15.5. The number of nitrogens with one attached hydrogen (secondary N) is 1. The van der Waals surface area contributed by atoms with Crippen LogP contribution in [0.4, 0.5) is 0 Å². The zero-order chi connectivity index (χ0) is 12.8. The number of nitrogens with two attached hydrogens (primary N) is 1. The zero-order valence-electron chi connectivity index (χ0n) is 11.4. The van der Waals surface area contributed by atoms with Crippen LogP contribution in [0.2, 0.25) is 0 Å². The van der Waals surface area contributed by atoms with Gasteiger partial charge < -0.3 is 5.73 Å². The van der Waals surface area contributed by atoms with Crippen LogP contribution in [0.15, 0.2) is 24.3 Å². The van der Waals surface area contributed by atoms with Gasteiger partial charge in [0, 0.05) is 19.6 Å². The predicted molar refractivity (Wildman–Crippen MR) is 76.2 cm³/mol. The number of hydrazine groups is 1. The topological polar surface area (TPSA) is 41.3 Å². The Morgan fingerprint density at radius 1 is 1.22 bits per heavy atom. The summed E-state index contributed by atoms with van der Waals surface area (Å²) in [6, 6.07) is 8.87. The van der Waals surface area contributed by atoms with Gasteiger partial charge in [-0.15, -0.1) is 0 Å². The SMILES string of the molecule is CCc1ccccc1C(CN)NN1CCCCC1. The van der Waals surface area contributed by atoms with Crippen molar-refractivity contribution in [2.75, 3.05) is 19.6 Å². The number of aryl methyl sites for hydroxylation is 1. The quantitative estimate of drug-likeness (QED) is 0.838. The smallest absolute Gasteiger partial charge is 0.0589 e. The highest BCUT2D eigenvalue weighted by Gasteiger charge is 2.17. The Morgan fingerprint density at radius 2 is 1.94 bits per heavy atom. The Balaban J connectivity index is 2.07. The number of hydrogen-bond acceptors (Lipinski definition) is 3. The highest BCUT2D eigenvalue weighted by Crippen LogP contribution is 2.19. The van der Waals surface area contributed by atoms with Gasteiger partial charge in [0.2, 0.25) is 0 Å². The van der Waals surface area contributed by atoms with E-state index in [4.69, 9.17) is 5.73 Å². The summed E-state index contributed by atoms with van der Waals surface area (Å²) in [6.45, 7) is 5.14. The molecule has 0 radical (unpaired) electrons. The van der Waals surface area contributed by atoms with E-state index in [0.717, 1.165) is 19.5 Å². The Labute approximate surface area is 110 Å². The van der Waals surface area contributed by atoms with Crippen LogP contribution < -0.4 is 11.2 Å². The molecule has 1 aliphatic rings. The molecule has 0 amide bonds. The fraction of sp³-hybridized carbons (Fsp3) is 0.600. The maximum atomic E-state index is 5.96. The number of nitrogens with zero attached hydrogens (tertiary/aromatic N) is 1. The van der Waals surface area contributed by atoms with E-state index < -0.39 is 0 Å². The first-order chi connectivity index (χ1) is 8.85. The monoisotopic (exact) mass is 247 g/mol. The first kappa shape index (κ1) is 13.5. The molecule has 0 aliphatic carbocycles. The van der Waals surface area contributed by atoms with Crippen molar-refractivity contribution in [2.24, 2.45) is 5.73 Å². The van der Waals surface area contributed by atoms with Crippen molar-refractivity contribution in [3.8, 4) is 0 Å². The summed E-state index contributed by atoms with van der Waals surface area (Å²) in [4.78, 5) is 0. The highest BCUT2D eigenvalue weighted by molar-refractivity contribution is 5.30. The van der Waals surface area contributed by atoms with E-state index in [1.807, 2.05) is 0 Å². The van der Waals surface area contributed by atoms with E-state index in [-0.39, 0.29) is 6.04 Å². The molecular weight excluding hydrogens is 222 g/mol. The molecule has 1 atom stereocenters. The summed E-state index contributed by atoms with van der Waals surface area (Å²) in [5.74, 6) is 0.